The number of hydrogen-bond donors (Lipinski definition) is 1. The minimum absolute atomic E-state index is 0.420. The van der Waals surface area contributed by atoms with Crippen LogP contribution in [0, 0.1) is 21.8 Å². The molecule has 0 bridgehead atoms. The number of halogens is 1. The van der Waals surface area contributed by atoms with E-state index in [4.69, 9.17) is 0 Å². The van der Waals surface area contributed by atoms with Crippen LogP contribution in [0.15, 0.2) is 18.2 Å². The Balaban J connectivity index is 2.10. The molecule has 1 heterocycles. The third-order valence-electron chi connectivity index (χ3n) is 3.19. The second-order valence-electron chi connectivity index (χ2n) is 4.44. The highest BCUT2D eigenvalue weighted by atomic mass is 19.1. The van der Waals surface area contributed by atoms with Gasteiger partial charge >= 0.3 is 5.69 Å². The first-order valence-corrected chi connectivity index (χ1v) is 5.80. The molecule has 0 aromatic heterocycles. The Morgan fingerprint density at radius 3 is 2.76 bits per heavy atom. The molecule has 0 amide bonds. The largest absolute Gasteiger partial charge is 0.317 e. The van der Waals surface area contributed by atoms with E-state index in [1.807, 2.05) is 0 Å². The maximum atomic E-state index is 13.1. The Kier molecular flexibility index (Phi) is 3.68. The molecule has 5 heteroatoms. The van der Waals surface area contributed by atoms with Crippen LogP contribution in [0.5, 0.6) is 0 Å². The van der Waals surface area contributed by atoms with E-state index in [0.717, 1.165) is 37.9 Å². The van der Waals surface area contributed by atoms with Gasteiger partial charge in [-0.2, -0.15) is 4.39 Å². The average molecular weight is 238 g/mol. The van der Waals surface area contributed by atoms with Gasteiger partial charge in [-0.05, 0) is 49.9 Å². The number of nitrogens with zero attached hydrogens (tertiary/aromatic N) is 1. The zero-order valence-corrected chi connectivity index (χ0v) is 9.49. The summed E-state index contributed by atoms with van der Waals surface area (Å²) in [4.78, 5) is 9.96. The lowest BCUT2D eigenvalue weighted by Crippen LogP contribution is -2.28. The van der Waals surface area contributed by atoms with Crippen LogP contribution in [0.25, 0.3) is 0 Å². The van der Waals surface area contributed by atoms with Crippen LogP contribution in [0.4, 0.5) is 10.1 Å². The summed E-state index contributed by atoms with van der Waals surface area (Å²) in [7, 11) is 0. The van der Waals surface area contributed by atoms with Crippen molar-refractivity contribution in [2.45, 2.75) is 19.3 Å². The molecule has 0 radical (unpaired) electrons. The highest BCUT2D eigenvalue weighted by Crippen LogP contribution is 2.23. The Bertz CT molecular complexity index is 417. The van der Waals surface area contributed by atoms with Crippen molar-refractivity contribution in [2.75, 3.05) is 13.1 Å². The summed E-state index contributed by atoms with van der Waals surface area (Å²) in [5, 5.41) is 13.9. The summed E-state index contributed by atoms with van der Waals surface area (Å²) in [6.07, 6.45) is 2.94. The standard InChI is InChI=1S/C12H15FN2O2/c13-11-2-1-10(8-12(11)15(16)17)7-9-3-5-14-6-4-9/h1-2,8-9,14H,3-7H2. The second-order valence-corrected chi connectivity index (χ2v) is 4.44. The molecule has 0 spiro atoms. The second kappa shape index (κ2) is 5.23. The van der Waals surface area contributed by atoms with Gasteiger partial charge in [0.25, 0.3) is 0 Å². The third-order valence-corrected chi connectivity index (χ3v) is 3.19. The zero-order chi connectivity index (χ0) is 12.3. The van der Waals surface area contributed by atoms with Gasteiger partial charge in [0.15, 0.2) is 0 Å². The fourth-order valence-electron chi connectivity index (χ4n) is 2.24. The number of nitro benzene ring substituents is 1. The number of nitro groups is 1. The Labute approximate surface area is 99.0 Å². The predicted octanol–water partition coefficient (Wildman–Crippen LogP) is 2.28. The van der Waals surface area contributed by atoms with Gasteiger partial charge < -0.3 is 5.32 Å². The van der Waals surface area contributed by atoms with Crippen molar-refractivity contribution < 1.29 is 9.31 Å². The maximum Gasteiger partial charge on any atom is 0.305 e. The summed E-state index contributed by atoms with van der Waals surface area (Å²) in [6, 6.07) is 4.19. The fourth-order valence-corrected chi connectivity index (χ4v) is 2.24. The molecule has 1 aromatic rings. The lowest BCUT2D eigenvalue weighted by Gasteiger charge is -2.22. The van der Waals surface area contributed by atoms with Gasteiger partial charge in [0, 0.05) is 6.07 Å². The van der Waals surface area contributed by atoms with E-state index in [0.29, 0.717) is 5.92 Å². The lowest BCUT2D eigenvalue weighted by molar-refractivity contribution is -0.387. The highest BCUT2D eigenvalue weighted by Gasteiger charge is 2.18. The topological polar surface area (TPSA) is 55.2 Å². The van der Waals surface area contributed by atoms with E-state index in [2.05, 4.69) is 5.32 Å². The van der Waals surface area contributed by atoms with Crippen molar-refractivity contribution in [3.05, 3.63) is 39.7 Å². The number of nitrogens with one attached hydrogen (secondary N) is 1. The molecule has 0 atom stereocenters. The molecule has 0 aliphatic carbocycles. The van der Waals surface area contributed by atoms with Crippen molar-refractivity contribution in [3.8, 4) is 0 Å². The highest BCUT2D eigenvalue weighted by molar-refractivity contribution is 5.36. The van der Waals surface area contributed by atoms with Crippen LogP contribution < -0.4 is 5.32 Å². The first-order chi connectivity index (χ1) is 8.16. The first-order valence-electron chi connectivity index (χ1n) is 5.80. The molecule has 0 saturated carbocycles. The molecule has 1 aliphatic heterocycles. The summed E-state index contributed by atoms with van der Waals surface area (Å²) in [5.41, 5.74) is 0.432. The molecule has 4 nitrogen and oxygen atoms in total. The normalized spacial score (nSPS) is 17.0. The summed E-state index contributed by atoms with van der Waals surface area (Å²) in [5.74, 6) is -0.217. The molecule has 92 valence electrons. The quantitative estimate of drug-likeness (QED) is 0.649. The molecular formula is C12H15FN2O2. The van der Waals surface area contributed by atoms with Crippen molar-refractivity contribution in [1.29, 1.82) is 0 Å². The van der Waals surface area contributed by atoms with Gasteiger partial charge in [0.05, 0.1) is 4.92 Å². The molecule has 2 rings (SSSR count). The molecule has 1 saturated heterocycles. The molecule has 0 unspecified atom stereocenters. The van der Waals surface area contributed by atoms with E-state index in [1.165, 1.54) is 12.1 Å². The van der Waals surface area contributed by atoms with E-state index in [-0.39, 0.29) is 0 Å². The number of rotatable bonds is 3. The smallest absolute Gasteiger partial charge is 0.305 e. The van der Waals surface area contributed by atoms with Gasteiger partial charge in [-0.1, -0.05) is 6.07 Å². The van der Waals surface area contributed by atoms with Crippen molar-refractivity contribution in [3.63, 3.8) is 0 Å². The summed E-state index contributed by atoms with van der Waals surface area (Å²) in [6.45, 7) is 1.99. The molecular weight excluding hydrogens is 223 g/mol. The van der Waals surface area contributed by atoms with E-state index in [9.17, 15) is 14.5 Å². The zero-order valence-electron chi connectivity index (χ0n) is 9.49. The Hall–Kier alpha value is -1.49. The van der Waals surface area contributed by atoms with Crippen LogP contribution in [-0.4, -0.2) is 18.0 Å². The van der Waals surface area contributed by atoms with E-state index < -0.39 is 16.4 Å². The van der Waals surface area contributed by atoms with Gasteiger partial charge in [-0.25, -0.2) is 0 Å². The van der Waals surface area contributed by atoms with Gasteiger partial charge in [0.1, 0.15) is 0 Å². The van der Waals surface area contributed by atoms with Crippen LogP contribution in [-0.2, 0) is 6.42 Å². The predicted molar refractivity (Wildman–Crippen MR) is 62.4 cm³/mol. The van der Waals surface area contributed by atoms with E-state index >= 15 is 0 Å². The van der Waals surface area contributed by atoms with Crippen molar-refractivity contribution in [1.82, 2.24) is 5.32 Å². The number of piperidine rings is 1. The summed E-state index contributed by atoms with van der Waals surface area (Å²) >= 11 is 0. The Morgan fingerprint density at radius 2 is 2.12 bits per heavy atom. The molecule has 17 heavy (non-hydrogen) atoms. The van der Waals surface area contributed by atoms with Crippen molar-refractivity contribution >= 4 is 5.69 Å². The SMILES string of the molecule is O=[N+]([O-])c1cc(CC2CCNCC2)ccc1F. The van der Waals surface area contributed by atoms with Crippen LogP contribution in [0.3, 0.4) is 0 Å². The van der Waals surface area contributed by atoms with Crippen LogP contribution in [0.1, 0.15) is 18.4 Å². The van der Waals surface area contributed by atoms with Gasteiger partial charge in [-0.15, -0.1) is 0 Å². The van der Waals surface area contributed by atoms with Crippen LogP contribution >= 0.6 is 0 Å². The Morgan fingerprint density at radius 1 is 1.41 bits per heavy atom. The van der Waals surface area contributed by atoms with Crippen LogP contribution in [0.2, 0.25) is 0 Å². The van der Waals surface area contributed by atoms with Crippen molar-refractivity contribution in [2.24, 2.45) is 5.92 Å². The van der Waals surface area contributed by atoms with E-state index in [1.54, 1.807) is 6.07 Å². The number of benzene rings is 1. The first kappa shape index (κ1) is 12.0. The lowest BCUT2D eigenvalue weighted by atomic mass is 9.91. The fraction of sp³-hybridized carbons (Fsp3) is 0.500. The van der Waals surface area contributed by atoms with Gasteiger partial charge in [0.2, 0.25) is 5.82 Å². The monoisotopic (exact) mass is 238 g/mol. The summed E-state index contributed by atoms with van der Waals surface area (Å²) < 4.78 is 13.1. The number of hydrogen-bond acceptors (Lipinski definition) is 3. The average Bonchev–Trinajstić information content (AvgIpc) is 2.32. The van der Waals surface area contributed by atoms with Gasteiger partial charge in [-0.3, -0.25) is 10.1 Å². The third kappa shape index (κ3) is 3.00. The minimum atomic E-state index is -0.760. The molecule has 1 fully saturated rings. The molecule has 1 aromatic carbocycles. The minimum Gasteiger partial charge on any atom is -0.317 e. The molecule has 1 N–H and O–H groups in total. The molecule has 1 aliphatic rings. The maximum absolute atomic E-state index is 13.1.